The van der Waals surface area contributed by atoms with Crippen molar-refractivity contribution in [3.05, 3.63) is 74.6 Å². The van der Waals surface area contributed by atoms with Crippen molar-refractivity contribution in [1.29, 1.82) is 0 Å². The molecule has 0 spiro atoms. The lowest BCUT2D eigenvalue weighted by Gasteiger charge is -2.06. The van der Waals surface area contributed by atoms with Gasteiger partial charge in [-0.25, -0.2) is 4.79 Å². The fourth-order valence-corrected chi connectivity index (χ4v) is 3.30. The molecule has 1 aromatic carbocycles. The molecule has 0 bridgehead atoms. The maximum absolute atomic E-state index is 11.4. The number of ether oxygens (including phenoxy) is 1. The van der Waals surface area contributed by atoms with Gasteiger partial charge >= 0.3 is 5.97 Å². The molecule has 0 aliphatic heterocycles. The van der Waals surface area contributed by atoms with Crippen LogP contribution in [0.4, 0.5) is 0 Å². The molecule has 1 aromatic heterocycles. The first-order valence-corrected chi connectivity index (χ1v) is 8.38. The zero-order valence-corrected chi connectivity index (χ0v) is 14.8. The number of thiophene rings is 1. The van der Waals surface area contributed by atoms with Crippen LogP contribution >= 0.6 is 27.3 Å². The Labute approximate surface area is 147 Å². The van der Waals surface area contributed by atoms with Crippen molar-refractivity contribution < 1.29 is 14.6 Å². The summed E-state index contributed by atoms with van der Waals surface area (Å²) in [4.78, 5) is 12.5. The highest BCUT2D eigenvalue weighted by Gasteiger charge is 2.13. The van der Waals surface area contributed by atoms with Crippen LogP contribution in [0.25, 0.3) is 17.7 Å². The van der Waals surface area contributed by atoms with Gasteiger partial charge in [0.25, 0.3) is 0 Å². The molecule has 1 N–H and O–H groups in total. The molecule has 23 heavy (non-hydrogen) atoms. The van der Waals surface area contributed by atoms with Gasteiger partial charge in [-0.3, -0.25) is 0 Å². The first-order chi connectivity index (χ1) is 11.1. The molecule has 0 saturated heterocycles. The molecule has 1 heterocycles. The number of carboxylic acid groups (broad SMARTS) is 1. The van der Waals surface area contributed by atoms with Crippen LogP contribution in [-0.2, 0) is 9.53 Å². The second-order valence-corrected chi connectivity index (χ2v) is 7.01. The van der Waals surface area contributed by atoms with E-state index >= 15 is 0 Å². The minimum atomic E-state index is -1.02. The summed E-state index contributed by atoms with van der Waals surface area (Å²) in [5, 5.41) is 9.32. The van der Waals surface area contributed by atoms with Gasteiger partial charge in [0.15, 0.2) is 0 Å². The van der Waals surface area contributed by atoms with E-state index in [9.17, 15) is 9.90 Å². The van der Waals surface area contributed by atoms with E-state index in [1.54, 1.807) is 23.5 Å². The third kappa shape index (κ3) is 4.94. The summed E-state index contributed by atoms with van der Waals surface area (Å²) >= 11 is 5.07. The topological polar surface area (TPSA) is 46.5 Å². The second-order valence-electron chi connectivity index (χ2n) is 4.52. The Morgan fingerprint density at radius 1 is 1.17 bits per heavy atom. The van der Waals surface area contributed by atoms with Gasteiger partial charge in [-0.2, -0.15) is 0 Å². The van der Waals surface area contributed by atoms with Crippen LogP contribution in [0.5, 0.6) is 0 Å². The Morgan fingerprint density at radius 2 is 1.91 bits per heavy atom. The normalized spacial score (nSPS) is 12.2. The molecule has 3 nitrogen and oxygen atoms in total. The third-order valence-corrected chi connectivity index (χ3v) is 4.55. The van der Waals surface area contributed by atoms with Crippen molar-refractivity contribution >= 4 is 51.0 Å². The Bertz CT molecular complexity index is 772. The lowest BCUT2D eigenvalue weighted by molar-refractivity contribution is -0.130. The minimum absolute atomic E-state index is 0.124. The van der Waals surface area contributed by atoms with E-state index in [0.717, 1.165) is 14.2 Å². The largest absolute Gasteiger partial charge is 0.503 e. The molecule has 0 aliphatic rings. The second kappa shape index (κ2) is 8.50. The quantitative estimate of drug-likeness (QED) is 0.413. The first-order valence-electron chi connectivity index (χ1n) is 6.77. The number of halogens is 1. The van der Waals surface area contributed by atoms with E-state index < -0.39 is 5.97 Å². The molecular weight excluding hydrogens is 376 g/mol. The molecule has 2 rings (SSSR count). The van der Waals surface area contributed by atoms with Gasteiger partial charge in [-0.05, 0) is 45.3 Å². The average molecular weight is 391 g/mol. The van der Waals surface area contributed by atoms with Gasteiger partial charge in [0.1, 0.15) is 5.57 Å². The summed E-state index contributed by atoms with van der Waals surface area (Å²) in [6.45, 7) is 0. The highest BCUT2D eigenvalue weighted by Crippen LogP contribution is 2.23. The van der Waals surface area contributed by atoms with Gasteiger partial charge < -0.3 is 9.84 Å². The number of carbonyl (C=O) groups is 1. The zero-order chi connectivity index (χ0) is 16.7. The Morgan fingerprint density at radius 3 is 2.57 bits per heavy atom. The van der Waals surface area contributed by atoms with Gasteiger partial charge in [-0.15, -0.1) is 11.3 Å². The molecule has 0 amide bonds. The maximum atomic E-state index is 11.4. The van der Waals surface area contributed by atoms with E-state index in [4.69, 9.17) is 4.74 Å². The Kier molecular flexibility index (Phi) is 6.38. The number of hydrogen-bond acceptors (Lipinski definition) is 3. The summed E-state index contributed by atoms with van der Waals surface area (Å²) in [7, 11) is 1.43. The van der Waals surface area contributed by atoms with Crippen molar-refractivity contribution in [2.45, 2.75) is 0 Å². The maximum Gasteiger partial charge on any atom is 0.339 e. The number of methoxy groups -OCH3 is 1. The Balaban J connectivity index is 2.23. The van der Waals surface area contributed by atoms with Crippen LogP contribution in [0.3, 0.4) is 0 Å². The monoisotopic (exact) mass is 390 g/mol. The molecule has 0 fully saturated rings. The fraction of sp³-hybridized carbons (Fsp3) is 0.0556. The smallest absolute Gasteiger partial charge is 0.339 e. The van der Waals surface area contributed by atoms with Crippen molar-refractivity contribution in [1.82, 2.24) is 0 Å². The molecule has 0 unspecified atom stereocenters. The lowest BCUT2D eigenvalue weighted by Crippen LogP contribution is -2.02. The number of allylic oxidation sites excluding steroid dienone is 2. The van der Waals surface area contributed by atoms with Crippen LogP contribution in [0, 0.1) is 0 Å². The number of benzene rings is 1. The first kappa shape index (κ1) is 17.2. The van der Waals surface area contributed by atoms with Gasteiger partial charge in [-0.1, -0.05) is 42.5 Å². The molecule has 0 radical (unpaired) electrons. The number of carboxylic acids is 1. The number of rotatable bonds is 6. The highest BCUT2D eigenvalue weighted by atomic mass is 79.9. The molecule has 0 aliphatic carbocycles. The summed E-state index contributed by atoms with van der Waals surface area (Å²) in [6.07, 6.45) is 8.93. The van der Waals surface area contributed by atoms with Crippen molar-refractivity contribution in [2.75, 3.05) is 7.11 Å². The SMILES string of the molecule is CO/C=C(/C(=O)O)c1ccccc1C=C/C=C/c1ccc(Br)s1. The average Bonchev–Trinajstić information content (AvgIpc) is 2.95. The summed E-state index contributed by atoms with van der Waals surface area (Å²) in [6, 6.07) is 11.3. The van der Waals surface area contributed by atoms with Crippen molar-refractivity contribution in [3.63, 3.8) is 0 Å². The van der Waals surface area contributed by atoms with Gasteiger partial charge in [0, 0.05) is 4.88 Å². The molecule has 2 aromatic rings. The van der Waals surface area contributed by atoms with E-state index in [1.807, 2.05) is 48.6 Å². The van der Waals surface area contributed by atoms with Crippen LogP contribution in [0.2, 0.25) is 0 Å². The molecule has 0 atom stereocenters. The van der Waals surface area contributed by atoms with Crippen LogP contribution in [0.15, 0.2) is 58.6 Å². The lowest BCUT2D eigenvalue weighted by atomic mass is 10.0. The summed E-state index contributed by atoms with van der Waals surface area (Å²) in [5.74, 6) is -1.02. The van der Waals surface area contributed by atoms with Crippen LogP contribution < -0.4 is 0 Å². The van der Waals surface area contributed by atoms with Crippen molar-refractivity contribution in [3.8, 4) is 0 Å². The molecule has 0 saturated carbocycles. The van der Waals surface area contributed by atoms with Gasteiger partial charge in [0.05, 0.1) is 17.2 Å². The van der Waals surface area contributed by atoms with E-state index in [1.165, 1.54) is 13.4 Å². The minimum Gasteiger partial charge on any atom is -0.503 e. The molecule has 118 valence electrons. The van der Waals surface area contributed by atoms with E-state index in [2.05, 4.69) is 15.9 Å². The van der Waals surface area contributed by atoms with Crippen molar-refractivity contribution in [2.24, 2.45) is 0 Å². The summed E-state index contributed by atoms with van der Waals surface area (Å²) < 4.78 is 5.96. The van der Waals surface area contributed by atoms with Crippen LogP contribution in [0.1, 0.15) is 16.0 Å². The molecule has 5 heteroatoms. The predicted octanol–water partition coefficient (Wildman–Crippen LogP) is 5.31. The number of hydrogen-bond donors (Lipinski definition) is 1. The summed E-state index contributed by atoms with van der Waals surface area (Å²) in [5.41, 5.74) is 1.56. The fourth-order valence-electron chi connectivity index (χ4n) is 1.96. The highest BCUT2D eigenvalue weighted by molar-refractivity contribution is 9.11. The van der Waals surface area contributed by atoms with E-state index in [-0.39, 0.29) is 5.57 Å². The predicted molar refractivity (Wildman–Crippen MR) is 99.2 cm³/mol. The third-order valence-electron chi connectivity index (χ3n) is 2.96. The van der Waals surface area contributed by atoms with E-state index in [0.29, 0.717) is 5.56 Å². The Hall–Kier alpha value is -2.11. The van der Waals surface area contributed by atoms with Crippen LogP contribution in [-0.4, -0.2) is 18.2 Å². The zero-order valence-electron chi connectivity index (χ0n) is 12.4. The van der Waals surface area contributed by atoms with Gasteiger partial charge in [0.2, 0.25) is 0 Å². The molecular formula is C18H15BrO3S. The number of aliphatic carboxylic acids is 1. The standard InChI is InChI=1S/C18H15BrO3S/c1-22-12-16(18(20)21)15-9-5-3-7-13(15)6-2-4-8-14-10-11-17(19)23-14/h2-12H,1H3,(H,20,21)/b6-2?,8-4+,16-12+.